The van der Waals surface area contributed by atoms with E-state index in [4.69, 9.17) is 28.9 Å². The molecule has 0 bridgehead atoms. The molecule has 0 aliphatic rings. The molecular weight excluding hydrogens is 303 g/mol. The summed E-state index contributed by atoms with van der Waals surface area (Å²) in [6.07, 6.45) is 2.37. The lowest BCUT2D eigenvalue weighted by Crippen LogP contribution is -2.14. The number of benzene rings is 2. The molecule has 21 heavy (non-hydrogen) atoms. The Kier molecular flexibility index (Phi) is 4.11. The normalized spacial score (nSPS) is 12.5. The highest BCUT2D eigenvalue weighted by atomic mass is 35.5. The highest BCUT2D eigenvalue weighted by molar-refractivity contribution is 6.36. The Morgan fingerprint density at radius 2 is 1.67 bits per heavy atom. The van der Waals surface area contributed by atoms with Gasteiger partial charge in [-0.2, -0.15) is 0 Å². The van der Waals surface area contributed by atoms with E-state index in [1.54, 1.807) is 6.20 Å². The monoisotopic (exact) mass is 316 g/mol. The molecule has 0 fully saturated rings. The maximum atomic E-state index is 6.39. The second kappa shape index (κ2) is 6.02. The van der Waals surface area contributed by atoms with Gasteiger partial charge in [-0.05, 0) is 41.8 Å². The molecule has 4 heteroatoms. The molecule has 0 aliphatic heterocycles. The van der Waals surface area contributed by atoms with Gasteiger partial charge in [0.25, 0.3) is 0 Å². The zero-order valence-corrected chi connectivity index (χ0v) is 12.8. The number of nitrogens with two attached hydrogens (primary N) is 1. The van der Waals surface area contributed by atoms with Gasteiger partial charge < -0.3 is 5.73 Å². The largest absolute Gasteiger partial charge is 0.324 e. The lowest BCUT2D eigenvalue weighted by Gasteiger charge is -2.16. The molecule has 3 aromatic rings. The number of rotatable bonds is 3. The van der Waals surface area contributed by atoms with Crippen molar-refractivity contribution in [2.24, 2.45) is 5.73 Å². The minimum absolute atomic E-state index is 0.185. The van der Waals surface area contributed by atoms with Crippen LogP contribution in [-0.2, 0) is 6.42 Å². The highest BCUT2D eigenvalue weighted by Gasteiger charge is 2.14. The molecule has 1 heterocycles. The maximum Gasteiger partial charge on any atom is 0.0705 e. The molecular formula is C17H14Cl2N2. The fourth-order valence-corrected chi connectivity index (χ4v) is 3.06. The maximum absolute atomic E-state index is 6.39. The van der Waals surface area contributed by atoms with E-state index in [1.807, 2.05) is 48.5 Å². The van der Waals surface area contributed by atoms with Gasteiger partial charge in [-0.1, -0.05) is 47.5 Å². The summed E-state index contributed by atoms with van der Waals surface area (Å²) in [5.74, 6) is 0. The summed E-state index contributed by atoms with van der Waals surface area (Å²) >= 11 is 12.5. The minimum Gasteiger partial charge on any atom is -0.324 e. The standard InChI is InChI=1S/C17H14Cl2N2/c18-14-6-2-7-15(19)13(14)10-16(20)11-4-1-8-17-12(11)5-3-9-21-17/h1-9,16H,10,20H2. The van der Waals surface area contributed by atoms with E-state index in [-0.39, 0.29) is 6.04 Å². The molecule has 0 saturated heterocycles. The van der Waals surface area contributed by atoms with Crippen LogP contribution in [0.5, 0.6) is 0 Å². The van der Waals surface area contributed by atoms with Crippen LogP contribution >= 0.6 is 23.2 Å². The summed E-state index contributed by atoms with van der Waals surface area (Å²) in [5, 5.41) is 2.36. The molecule has 0 aliphatic carbocycles. The predicted octanol–water partition coefficient (Wildman–Crippen LogP) is 4.78. The van der Waals surface area contributed by atoms with E-state index in [2.05, 4.69) is 4.98 Å². The molecule has 2 N–H and O–H groups in total. The summed E-state index contributed by atoms with van der Waals surface area (Å²) < 4.78 is 0. The average molecular weight is 317 g/mol. The average Bonchev–Trinajstić information content (AvgIpc) is 2.50. The van der Waals surface area contributed by atoms with Crippen LogP contribution in [0.1, 0.15) is 17.2 Å². The molecule has 0 amide bonds. The summed E-state index contributed by atoms with van der Waals surface area (Å²) in [4.78, 5) is 4.36. The Bertz CT molecular complexity index is 761. The van der Waals surface area contributed by atoms with Crippen LogP contribution in [0.4, 0.5) is 0 Å². The van der Waals surface area contributed by atoms with E-state index >= 15 is 0 Å². The van der Waals surface area contributed by atoms with Crippen LogP contribution in [0.25, 0.3) is 10.9 Å². The van der Waals surface area contributed by atoms with Crippen molar-refractivity contribution >= 4 is 34.1 Å². The molecule has 0 saturated carbocycles. The third-order valence-corrected chi connectivity index (χ3v) is 4.27. The minimum atomic E-state index is -0.185. The van der Waals surface area contributed by atoms with Crippen molar-refractivity contribution in [1.82, 2.24) is 4.98 Å². The van der Waals surface area contributed by atoms with Gasteiger partial charge in [0.05, 0.1) is 5.52 Å². The first kappa shape index (κ1) is 14.3. The second-order valence-corrected chi connectivity index (χ2v) is 5.74. The number of aromatic nitrogens is 1. The number of halogens is 2. The SMILES string of the molecule is NC(Cc1c(Cl)cccc1Cl)c1cccc2ncccc12. The predicted molar refractivity (Wildman–Crippen MR) is 88.8 cm³/mol. The molecule has 1 atom stereocenters. The van der Waals surface area contributed by atoms with Crippen LogP contribution in [0.15, 0.2) is 54.7 Å². The van der Waals surface area contributed by atoms with Crippen LogP contribution in [0.3, 0.4) is 0 Å². The Hall–Kier alpha value is -1.61. The number of pyridine rings is 1. The van der Waals surface area contributed by atoms with E-state index in [0.29, 0.717) is 16.5 Å². The molecule has 106 valence electrons. The number of hydrogen-bond acceptors (Lipinski definition) is 2. The smallest absolute Gasteiger partial charge is 0.0705 e. The lowest BCUT2D eigenvalue weighted by molar-refractivity contribution is 0.728. The number of nitrogens with zero attached hydrogens (tertiary/aromatic N) is 1. The summed E-state index contributed by atoms with van der Waals surface area (Å²) in [6.45, 7) is 0. The summed E-state index contributed by atoms with van der Waals surface area (Å²) in [6, 6.07) is 15.2. The van der Waals surface area contributed by atoms with Crippen LogP contribution in [0.2, 0.25) is 10.0 Å². The van der Waals surface area contributed by atoms with Gasteiger partial charge in [-0.3, -0.25) is 4.98 Å². The highest BCUT2D eigenvalue weighted by Crippen LogP contribution is 2.30. The fourth-order valence-electron chi connectivity index (χ4n) is 2.51. The van der Waals surface area contributed by atoms with Gasteiger partial charge in [0.2, 0.25) is 0 Å². The second-order valence-electron chi connectivity index (χ2n) is 4.93. The van der Waals surface area contributed by atoms with Crippen molar-refractivity contribution < 1.29 is 0 Å². The van der Waals surface area contributed by atoms with Crippen molar-refractivity contribution in [3.63, 3.8) is 0 Å². The van der Waals surface area contributed by atoms with E-state index in [9.17, 15) is 0 Å². The van der Waals surface area contributed by atoms with Gasteiger partial charge in [-0.15, -0.1) is 0 Å². The van der Waals surface area contributed by atoms with Crippen molar-refractivity contribution in [2.75, 3.05) is 0 Å². The molecule has 1 unspecified atom stereocenters. The van der Waals surface area contributed by atoms with E-state index in [0.717, 1.165) is 22.0 Å². The van der Waals surface area contributed by atoms with Gasteiger partial charge in [0.1, 0.15) is 0 Å². The number of hydrogen-bond donors (Lipinski definition) is 1. The molecule has 0 radical (unpaired) electrons. The third-order valence-electron chi connectivity index (χ3n) is 3.56. The first-order valence-electron chi connectivity index (χ1n) is 6.69. The van der Waals surface area contributed by atoms with Crippen LogP contribution in [0, 0.1) is 0 Å². The third kappa shape index (κ3) is 2.88. The molecule has 0 spiro atoms. The van der Waals surface area contributed by atoms with Crippen molar-refractivity contribution in [3.05, 3.63) is 75.9 Å². The Morgan fingerprint density at radius 1 is 0.952 bits per heavy atom. The van der Waals surface area contributed by atoms with E-state index < -0.39 is 0 Å². The number of fused-ring (bicyclic) bond motifs is 1. The molecule has 3 rings (SSSR count). The van der Waals surface area contributed by atoms with E-state index in [1.165, 1.54) is 0 Å². The summed E-state index contributed by atoms with van der Waals surface area (Å²) in [7, 11) is 0. The van der Waals surface area contributed by atoms with Gasteiger partial charge in [-0.25, -0.2) is 0 Å². The fraction of sp³-hybridized carbons (Fsp3) is 0.118. The molecule has 2 nitrogen and oxygen atoms in total. The van der Waals surface area contributed by atoms with Gasteiger partial charge in [0.15, 0.2) is 0 Å². The molecule has 1 aromatic heterocycles. The van der Waals surface area contributed by atoms with Crippen LogP contribution in [-0.4, -0.2) is 4.98 Å². The Labute approximate surface area is 133 Å². The Morgan fingerprint density at radius 3 is 2.43 bits per heavy atom. The first-order valence-corrected chi connectivity index (χ1v) is 7.44. The van der Waals surface area contributed by atoms with Crippen molar-refractivity contribution in [1.29, 1.82) is 0 Å². The van der Waals surface area contributed by atoms with Crippen LogP contribution < -0.4 is 5.73 Å². The quantitative estimate of drug-likeness (QED) is 0.755. The summed E-state index contributed by atoms with van der Waals surface area (Å²) in [5.41, 5.74) is 9.26. The van der Waals surface area contributed by atoms with Crippen molar-refractivity contribution in [3.8, 4) is 0 Å². The lowest BCUT2D eigenvalue weighted by atomic mass is 9.96. The Balaban J connectivity index is 2.00. The zero-order chi connectivity index (χ0) is 14.8. The zero-order valence-electron chi connectivity index (χ0n) is 11.3. The van der Waals surface area contributed by atoms with Crippen molar-refractivity contribution in [2.45, 2.75) is 12.5 Å². The topological polar surface area (TPSA) is 38.9 Å². The van der Waals surface area contributed by atoms with Gasteiger partial charge >= 0.3 is 0 Å². The first-order chi connectivity index (χ1) is 10.2. The molecule has 2 aromatic carbocycles. The van der Waals surface area contributed by atoms with Gasteiger partial charge in [0, 0.05) is 27.7 Å².